The number of hydrogen-bond donors (Lipinski definition) is 0. The summed E-state index contributed by atoms with van der Waals surface area (Å²) in [5.74, 6) is -2.20. The minimum absolute atomic E-state index is 0.0310. The summed E-state index contributed by atoms with van der Waals surface area (Å²) in [6.45, 7) is -0.119. The summed E-state index contributed by atoms with van der Waals surface area (Å²) in [6, 6.07) is 10.7. The summed E-state index contributed by atoms with van der Waals surface area (Å²) < 4.78 is 55.9. The van der Waals surface area contributed by atoms with E-state index in [0.717, 1.165) is 27.8 Å². The number of benzene rings is 2. The lowest BCUT2D eigenvalue weighted by Crippen LogP contribution is -2.32. The lowest BCUT2D eigenvalue weighted by molar-refractivity contribution is 0.0998. The van der Waals surface area contributed by atoms with E-state index in [2.05, 4.69) is 4.99 Å². The van der Waals surface area contributed by atoms with Crippen LogP contribution in [0.2, 0.25) is 0 Å². The number of amides is 1. The average Bonchev–Trinajstić information content (AvgIpc) is 3.08. The Hall–Kier alpha value is -3.45. The van der Waals surface area contributed by atoms with Crippen LogP contribution >= 0.6 is 11.3 Å². The first kappa shape index (κ1) is 24.2. The molecule has 0 atom stereocenters. The Balaban J connectivity index is 1.91. The van der Waals surface area contributed by atoms with Crippen LogP contribution in [0.3, 0.4) is 0 Å². The summed E-state index contributed by atoms with van der Waals surface area (Å²) in [6.07, 6.45) is -0.0619. The topological polar surface area (TPSA) is 119 Å². The van der Waals surface area contributed by atoms with E-state index < -0.39 is 27.6 Å². The van der Waals surface area contributed by atoms with Gasteiger partial charge in [-0.1, -0.05) is 11.3 Å². The van der Waals surface area contributed by atoms with E-state index >= 15 is 0 Å². The Morgan fingerprint density at radius 1 is 1.12 bits per heavy atom. The molecule has 3 rings (SSSR count). The lowest BCUT2D eigenvalue weighted by Gasteiger charge is -2.20. The van der Waals surface area contributed by atoms with Crippen LogP contribution in [0.25, 0.3) is 10.2 Å². The fraction of sp³-hybridized carbons (Fsp3) is 0.238. The van der Waals surface area contributed by atoms with Gasteiger partial charge in [0.2, 0.25) is 10.0 Å². The van der Waals surface area contributed by atoms with Gasteiger partial charge in [-0.25, -0.2) is 17.2 Å². The fourth-order valence-electron chi connectivity index (χ4n) is 3.08. The standard InChI is InChI=1S/C21H17F2N5O3S2/c1-27-19-17(23)12-15(22)13-18(19)32-21(27)26-20(29)14-4-6-16(7-5-14)33(30,31)28(10-2-8-24)11-3-9-25/h4-7,12-13H,2-3,10-11H2,1H3. The number of nitrogens with zero attached hydrogens (tertiary/aromatic N) is 5. The summed E-state index contributed by atoms with van der Waals surface area (Å²) in [5, 5.41) is 17.5. The number of carbonyl (C=O) groups excluding carboxylic acids is 1. The van der Waals surface area contributed by atoms with Crippen molar-refractivity contribution >= 4 is 37.5 Å². The number of sulfonamides is 1. The zero-order chi connectivity index (χ0) is 24.2. The molecule has 0 aliphatic carbocycles. The zero-order valence-corrected chi connectivity index (χ0v) is 19.0. The minimum Gasteiger partial charge on any atom is -0.317 e. The highest BCUT2D eigenvalue weighted by Crippen LogP contribution is 2.22. The number of aromatic nitrogens is 1. The van der Waals surface area contributed by atoms with Gasteiger partial charge in [0.15, 0.2) is 10.6 Å². The molecule has 8 nitrogen and oxygen atoms in total. The third-order valence-electron chi connectivity index (χ3n) is 4.70. The maximum atomic E-state index is 14.1. The van der Waals surface area contributed by atoms with E-state index in [1.54, 1.807) is 0 Å². The second-order valence-corrected chi connectivity index (χ2v) is 9.79. The number of fused-ring (bicyclic) bond motifs is 1. The first-order valence-electron chi connectivity index (χ1n) is 9.56. The summed E-state index contributed by atoms with van der Waals surface area (Å²) in [7, 11) is -2.47. The smallest absolute Gasteiger partial charge is 0.279 e. The van der Waals surface area contributed by atoms with Crippen LogP contribution in [-0.2, 0) is 17.1 Å². The van der Waals surface area contributed by atoms with Gasteiger partial charge in [-0.15, -0.1) is 0 Å². The van der Waals surface area contributed by atoms with Crippen molar-refractivity contribution in [3.05, 3.63) is 58.4 Å². The molecule has 0 saturated heterocycles. The molecule has 1 amide bonds. The molecule has 0 unspecified atom stereocenters. The van der Waals surface area contributed by atoms with Crippen molar-refractivity contribution in [3.8, 4) is 12.1 Å². The van der Waals surface area contributed by atoms with Gasteiger partial charge in [0.1, 0.15) is 5.82 Å². The van der Waals surface area contributed by atoms with Gasteiger partial charge in [0.05, 0.1) is 27.3 Å². The highest BCUT2D eigenvalue weighted by molar-refractivity contribution is 7.89. The quantitative estimate of drug-likeness (QED) is 0.505. The Morgan fingerprint density at radius 3 is 2.30 bits per heavy atom. The molecule has 0 fully saturated rings. The second-order valence-electron chi connectivity index (χ2n) is 6.84. The molecule has 0 aliphatic rings. The molecule has 0 spiro atoms. The Labute approximate surface area is 192 Å². The van der Waals surface area contributed by atoms with Crippen molar-refractivity contribution in [2.45, 2.75) is 17.7 Å². The summed E-state index contributed by atoms with van der Waals surface area (Å²) >= 11 is 0.942. The molecule has 170 valence electrons. The minimum atomic E-state index is -3.97. The van der Waals surface area contributed by atoms with E-state index in [4.69, 9.17) is 10.5 Å². The number of halogens is 2. The molecule has 1 aromatic heterocycles. The van der Waals surface area contributed by atoms with Gasteiger partial charge in [-0.2, -0.15) is 19.8 Å². The number of carbonyl (C=O) groups is 1. The molecule has 0 bridgehead atoms. The van der Waals surface area contributed by atoms with Crippen LogP contribution in [0.1, 0.15) is 23.2 Å². The van der Waals surface area contributed by atoms with Crippen molar-refractivity contribution in [1.29, 1.82) is 10.5 Å². The van der Waals surface area contributed by atoms with Gasteiger partial charge in [-0.3, -0.25) is 4.79 Å². The first-order valence-corrected chi connectivity index (χ1v) is 11.8. The van der Waals surface area contributed by atoms with Gasteiger partial charge >= 0.3 is 0 Å². The maximum absolute atomic E-state index is 14.1. The molecule has 0 radical (unpaired) electrons. The fourth-order valence-corrected chi connectivity index (χ4v) is 5.58. The maximum Gasteiger partial charge on any atom is 0.279 e. The van der Waals surface area contributed by atoms with Crippen molar-refractivity contribution in [3.63, 3.8) is 0 Å². The molecular weight excluding hydrogens is 472 g/mol. The third kappa shape index (κ3) is 5.14. The molecular formula is C21H17F2N5O3S2. The van der Waals surface area contributed by atoms with E-state index in [9.17, 15) is 22.0 Å². The van der Waals surface area contributed by atoms with E-state index in [1.165, 1.54) is 35.9 Å². The molecule has 33 heavy (non-hydrogen) atoms. The predicted octanol–water partition coefficient (Wildman–Crippen LogP) is 3.08. The molecule has 1 heterocycles. The second kappa shape index (κ2) is 10.0. The normalized spacial score (nSPS) is 12.1. The molecule has 0 N–H and O–H groups in total. The largest absolute Gasteiger partial charge is 0.317 e. The van der Waals surface area contributed by atoms with Crippen LogP contribution in [0, 0.1) is 34.3 Å². The van der Waals surface area contributed by atoms with Gasteiger partial charge < -0.3 is 4.57 Å². The van der Waals surface area contributed by atoms with E-state index in [-0.39, 0.29) is 51.4 Å². The van der Waals surface area contributed by atoms with Crippen LogP contribution in [-0.4, -0.2) is 36.3 Å². The highest BCUT2D eigenvalue weighted by atomic mass is 32.2. The van der Waals surface area contributed by atoms with Crippen LogP contribution in [0.5, 0.6) is 0 Å². The summed E-state index contributed by atoms with van der Waals surface area (Å²) in [5.41, 5.74) is 0.211. The lowest BCUT2D eigenvalue weighted by atomic mass is 10.2. The number of rotatable bonds is 7. The molecule has 12 heteroatoms. The molecule has 3 aromatic rings. The van der Waals surface area contributed by atoms with Gasteiger partial charge in [-0.05, 0) is 30.3 Å². The highest BCUT2D eigenvalue weighted by Gasteiger charge is 2.24. The van der Waals surface area contributed by atoms with Crippen molar-refractivity contribution < 1.29 is 22.0 Å². The van der Waals surface area contributed by atoms with Crippen molar-refractivity contribution in [1.82, 2.24) is 8.87 Å². The molecule has 2 aromatic carbocycles. The van der Waals surface area contributed by atoms with Crippen molar-refractivity contribution in [2.75, 3.05) is 13.1 Å². The van der Waals surface area contributed by atoms with Crippen LogP contribution < -0.4 is 4.80 Å². The summed E-state index contributed by atoms with van der Waals surface area (Å²) in [4.78, 5) is 16.6. The Morgan fingerprint density at radius 2 is 1.73 bits per heavy atom. The van der Waals surface area contributed by atoms with E-state index in [0.29, 0.717) is 0 Å². The van der Waals surface area contributed by atoms with E-state index in [1.807, 2.05) is 12.1 Å². The Bertz CT molecular complexity index is 1450. The van der Waals surface area contributed by atoms with Crippen LogP contribution in [0.4, 0.5) is 8.78 Å². The average molecular weight is 490 g/mol. The van der Waals surface area contributed by atoms with Gasteiger partial charge in [0, 0.05) is 44.6 Å². The molecule has 0 aliphatic heterocycles. The predicted molar refractivity (Wildman–Crippen MR) is 116 cm³/mol. The number of nitriles is 2. The van der Waals surface area contributed by atoms with Crippen LogP contribution in [0.15, 0.2) is 46.3 Å². The van der Waals surface area contributed by atoms with Crippen molar-refractivity contribution in [2.24, 2.45) is 12.0 Å². The SMILES string of the molecule is Cn1c(=NC(=O)c2ccc(S(=O)(=O)N(CCC#N)CCC#N)cc2)sc2cc(F)cc(F)c21. The zero-order valence-electron chi connectivity index (χ0n) is 17.3. The number of aryl methyl sites for hydroxylation is 1. The number of hydrogen-bond acceptors (Lipinski definition) is 6. The Kier molecular flexibility index (Phi) is 7.33. The molecule has 0 saturated carbocycles. The monoisotopic (exact) mass is 489 g/mol. The number of thiazole rings is 1. The first-order chi connectivity index (χ1) is 15.7. The van der Waals surface area contributed by atoms with Gasteiger partial charge in [0.25, 0.3) is 5.91 Å². The third-order valence-corrected chi connectivity index (χ3v) is 7.69.